The van der Waals surface area contributed by atoms with Gasteiger partial charge in [-0.2, -0.15) is 0 Å². The maximum atomic E-state index is 11.7. The molecular formula is C32H29BrO3. The molecule has 0 amide bonds. The van der Waals surface area contributed by atoms with Gasteiger partial charge < -0.3 is 9.47 Å². The molecule has 4 rings (SSSR count). The fraction of sp³-hybridized carbons (Fsp3) is 0.156. The summed E-state index contributed by atoms with van der Waals surface area (Å²) in [5, 5.41) is 0.909. The van der Waals surface area contributed by atoms with Crippen LogP contribution in [0, 0.1) is 5.92 Å². The van der Waals surface area contributed by atoms with E-state index < -0.39 is 0 Å². The smallest absolute Gasteiger partial charge is 0.337 e. The number of hydrogen-bond donors (Lipinski definition) is 0. The zero-order chi connectivity index (χ0) is 25.2. The second-order valence-corrected chi connectivity index (χ2v) is 9.32. The maximum absolute atomic E-state index is 11.7. The highest BCUT2D eigenvalue weighted by molar-refractivity contribution is 9.09. The van der Waals surface area contributed by atoms with E-state index in [0.717, 1.165) is 46.4 Å². The summed E-state index contributed by atoms with van der Waals surface area (Å²) in [5.41, 5.74) is 5.06. The summed E-state index contributed by atoms with van der Waals surface area (Å²) in [6.07, 6.45) is 6.27. The molecule has 36 heavy (non-hydrogen) atoms. The molecule has 4 aromatic rings. The average Bonchev–Trinajstić information content (AvgIpc) is 2.93. The molecular weight excluding hydrogens is 512 g/mol. The molecule has 4 heteroatoms. The number of carbonyl (C=O) groups is 1. The minimum Gasteiger partial charge on any atom is -0.465 e. The van der Waals surface area contributed by atoms with E-state index in [4.69, 9.17) is 9.47 Å². The average molecular weight is 541 g/mol. The number of hydrogen-bond acceptors (Lipinski definition) is 3. The Kier molecular flexibility index (Phi) is 9.12. The van der Waals surface area contributed by atoms with E-state index in [2.05, 4.69) is 58.4 Å². The third-order valence-corrected chi connectivity index (χ3v) is 6.45. The summed E-state index contributed by atoms with van der Waals surface area (Å²) < 4.78 is 11.1. The molecule has 0 spiro atoms. The molecule has 1 atom stereocenters. The topological polar surface area (TPSA) is 35.5 Å². The van der Waals surface area contributed by atoms with Crippen molar-refractivity contribution in [2.75, 3.05) is 12.4 Å². The Morgan fingerprint density at radius 2 is 1.58 bits per heavy atom. The van der Waals surface area contributed by atoms with Crippen LogP contribution >= 0.6 is 15.9 Å². The van der Waals surface area contributed by atoms with Gasteiger partial charge in [0.05, 0.1) is 12.7 Å². The van der Waals surface area contributed by atoms with Crippen LogP contribution in [0.2, 0.25) is 0 Å². The van der Waals surface area contributed by atoms with Crippen LogP contribution in [0.15, 0.2) is 109 Å². The van der Waals surface area contributed by atoms with Crippen LogP contribution in [0.1, 0.15) is 27.9 Å². The SMILES string of the molecule is COC(=O)c1ccc(CC(/C=C\c2ccccc2Oc2cccc(-c3ccccc3)c2)CCBr)cc1. The summed E-state index contributed by atoms with van der Waals surface area (Å²) in [4.78, 5) is 11.7. The first-order chi connectivity index (χ1) is 17.7. The fourth-order valence-corrected chi connectivity index (χ4v) is 4.64. The molecule has 0 aliphatic carbocycles. The zero-order valence-electron chi connectivity index (χ0n) is 20.3. The quantitative estimate of drug-likeness (QED) is 0.149. The molecule has 0 bridgehead atoms. The second kappa shape index (κ2) is 12.9. The van der Waals surface area contributed by atoms with Crippen LogP contribution in [-0.4, -0.2) is 18.4 Å². The molecule has 0 N–H and O–H groups in total. The Balaban J connectivity index is 1.49. The van der Waals surface area contributed by atoms with E-state index in [1.165, 1.54) is 12.7 Å². The lowest BCUT2D eigenvalue weighted by molar-refractivity contribution is 0.0600. The minimum atomic E-state index is -0.315. The number of esters is 1. The van der Waals surface area contributed by atoms with Crippen molar-refractivity contribution in [2.24, 2.45) is 5.92 Å². The van der Waals surface area contributed by atoms with Gasteiger partial charge in [0.15, 0.2) is 0 Å². The van der Waals surface area contributed by atoms with Gasteiger partial charge in [0, 0.05) is 10.9 Å². The van der Waals surface area contributed by atoms with Crippen molar-refractivity contribution in [3.63, 3.8) is 0 Å². The van der Waals surface area contributed by atoms with Crippen molar-refractivity contribution in [1.82, 2.24) is 0 Å². The molecule has 0 fully saturated rings. The molecule has 3 nitrogen and oxygen atoms in total. The van der Waals surface area contributed by atoms with E-state index in [0.29, 0.717) is 11.5 Å². The lowest BCUT2D eigenvalue weighted by Crippen LogP contribution is -2.04. The lowest BCUT2D eigenvalue weighted by atomic mass is 9.95. The Bertz CT molecular complexity index is 1300. The number of rotatable bonds is 10. The molecule has 182 valence electrons. The number of alkyl halides is 1. The van der Waals surface area contributed by atoms with Gasteiger partial charge >= 0.3 is 5.97 Å². The predicted molar refractivity (Wildman–Crippen MR) is 151 cm³/mol. The second-order valence-electron chi connectivity index (χ2n) is 8.52. The third-order valence-electron chi connectivity index (χ3n) is 5.99. The van der Waals surface area contributed by atoms with E-state index in [1.807, 2.05) is 72.8 Å². The standard InChI is InChI=1S/C32H29BrO3/c1-35-32(34)28-18-15-24(16-19-28)22-25(20-21-33)14-17-27-10-5-6-13-31(27)36-30-12-7-11-29(23-30)26-8-3-2-4-9-26/h2-19,23,25H,20-22H2,1H3/b17-14-. The molecule has 0 aromatic heterocycles. The summed E-state index contributed by atoms with van der Waals surface area (Å²) in [5.74, 6) is 1.64. The number of halogens is 1. The number of ether oxygens (including phenoxy) is 2. The van der Waals surface area contributed by atoms with E-state index in [1.54, 1.807) is 0 Å². The minimum absolute atomic E-state index is 0.315. The predicted octanol–water partition coefficient (Wildman–Crippen LogP) is 8.59. The van der Waals surface area contributed by atoms with Crippen LogP contribution in [0.4, 0.5) is 0 Å². The van der Waals surface area contributed by atoms with Crippen molar-refractivity contribution >= 4 is 28.0 Å². The van der Waals surface area contributed by atoms with Gasteiger partial charge in [-0.25, -0.2) is 4.79 Å². The molecule has 0 saturated carbocycles. The van der Waals surface area contributed by atoms with Crippen LogP contribution < -0.4 is 4.74 Å². The monoisotopic (exact) mass is 540 g/mol. The molecule has 0 aliphatic rings. The Morgan fingerprint density at radius 3 is 2.33 bits per heavy atom. The first-order valence-electron chi connectivity index (χ1n) is 12.0. The first kappa shape index (κ1) is 25.5. The number of para-hydroxylation sites is 1. The third kappa shape index (κ3) is 6.96. The number of benzene rings is 4. The first-order valence-corrected chi connectivity index (χ1v) is 13.1. The van der Waals surface area contributed by atoms with E-state index in [-0.39, 0.29) is 5.97 Å². The number of carbonyl (C=O) groups excluding carboxylic acids is 1. The Morgan fingerprint density at radius 1 is 0.861 bits per heavy atom. The van der Waals surface area contributed by atoms with Gasteiger partial charge in [-0.05, 0) is 65.8 Å². The van der Waals surface area contributed by atoms with Crippen molar-refractivity contribution in [3.05, 3.63) is 126 Å². The zero-order valence-corrected chi connectivity index (χ0v) is 21.9. The van der Waals surface area contributed by atoms with E-state index >= 15 is 0 Å². The molecule has 0 saturated heterocycles. The highest BCUT2D eigenvalue weighted by Gasteiger charge is 2.10. The van der Waals surface area contributed by atoms with Crippen molar-refractivity contribution in [3.8, 4) is 22.6 Å². The summed E-state index contributed by atoms with van der Waals surface area (Å²) in [7, 11) is 1.40. The van der Waals surface area contributed by atoms with Crippen LogP contribution in [0.3, 0.4) is 0 Å². The number of allylic oxidation sites excluding steroid dienone is 1. The van der Waals surface area contributed by atoms with Gasteiger partial charge in [-0.3, -0.25) is 0 Å². The summed E-state index contributed by atoms with van der Waals surface area (Å²) in [6, 6.07) is 34.2. The van der Waals surface area contributed by atoms with E-state index in [9.17, 15) is 4.79 Å². The molecule has 0 heterocycles. The summed E-state index contributed by atoms with van der Waals surface area (Å²) in [6.45, 7) is 0. The highest BCUT2D eigenvalue weighted by atomic mass is 79.9. The lowest BCUT2D eigenvalue weighted by Gasteiger charge is -2.13. The van der Waals surface area contributed by atoms with Crippen LogP contribution in [0.25, 0.3) is 17.2 Å². The Hall–Kier alpha value is -3.63. The van der Waals surface area contributed by atoms with Gasteiger partial charge in [-0.15, -0.1) is 0 Å². The van der Waals surface area contributed by atoms with Crippen molar-refractivity contribution in [2.45, 2.75) is 12.8 Å². The number of methoxy groups -OCH3 is 1. The van der Waals surface area contributed by atoms with Gasteiger partial charge in [0.25, 0.3) is 0 Å². The van der Waals surface area contributed by atoms with Crippen molar-refractivity contribution in [1.29, 1.82) is 0 Å². The Labute approximate surface area is 221 Å². The van der Waals surface area contributed by atoms with Gasteiger partial charge in [0.1, 0.15) is 11.5 Å². The molecule has 1 unspecified atom stereocenters. The van der Waals surface area contributed by atoms with Crippen molar-refractivity contribution < 1.29 is 14.3 Å². The van der Waals surface area contributed by atoms with Gasteiger partial charge in [0.2, 0.25) is 0 Å². The summed E-state index contributed by atoms with van der Waals surface area (Å²) >= 11 is 3.59. The molecule has 0 radical (unpaired) electrons. The maximum Gasteiger partial charge on any atom is 0.337 e. The normalized spacial score (nSPS) is 11.8. The van der Waals surface area contributed by atoms with Gasteiger partial charge in [-0.1, -0.05) is 101 Å². The fourth-order valence-electron chi connectivity index (χ4n) is 4.05. The van der Waals surface area contributed by atoms with Crippen LogP contribution in [0.5, 0.6) is 11.5 Å². The highest BCUT2D eigenvalue weighted by Crippen LogP contribution is 2.30. The molecule has 4 aromatic carbocycles. The van der Waals surface area contributed by atoms with Crippen LogP contribution in [-0.2, 0) is 11.2 Å². The molecule has 0 aliphatic heterocycles. The largest absolute Gasteiger partial charge is 0.465 e.